The first kappa shape index (κ1) is 18.2. The molecule has 0 aromatic heterocycles. The number of quaternary nitrogens is 1. The van der Waals surface area contributed by atoms with Crippen molar-refractivity contribution in [2.45, 2.75) is 12.8 Å². The van der Waals surface area contributed by atoms with E-state index in [0.717, 1.165) is 23.0 Å². The summed E-state index contributed by atoms with van der Waals surface area (Å²) >= 11 is 0. The van der Waals surface area contributed by atoms with Gasteiger partial charge in [-0.15, -0.1) is 13.2 Å². The summed E-state index contributed by atoms with van der Waals surface area (Å²) < 4.78 is 40.7. The van der Waals surface area contributed by atoms with Crippen molar-refractivity contribution in [1.82, 2.24) is 0 Å². The van der Waals surface area contributed by atoms with Crippen molar-refractivity contribution in [2.24, 2.45) is 0 Å². The molecule has 0 atom stereocenters. The minimum Gasteiger partial charge on any atom is -0.554 e. The molecular weight excluding hydrogens is 275 g/mol. The van der Waals surface area contributed by atoms with Crippen LogP contribution in [0, 0.1) is 0 Å². The summed E-state index contributed by atoms with van der Waals surface area (Å²) in [4.78, 5) is 8.25. The molecule has 0 aliphatic rings. The number of halogens is 3. The van der Waals surface area contributed by atoms with E-state index in [0.29, 0.717) is 0 Å². The molecule has 0 heterocycles. The predicted octanol–water partition coefficient (Wildman–Crippen LogP) is 1.20. The first-order chi connectivity index (χ1) is 9.07. The third-order valence-electron chi connectivity index (χ3n) is 2.20. The van der Waals surface area contributed by atoms with Crippen LogP contribution in [0.5, 0.6) is 5.75 Å². The number of ether oxygens (including phenoxy) is 1. The van der Waals surface area contributed by atoms with Crippen molar-refractivity contribution in [3.05, 3.63) is 29.8 Å². The van der Waals surface area contributed by atoms with Gasteiger partial charge in [0.2, 0.25) is 0 Å². The summed E-state index contributed by atoms with van der Waals surface area (Å²) in [5, 5.41) is 8.25. The molecule has 20 heavy (non-hydrogen) atoms. The van der Waals surface area contributed by atoms with E-state index >= 15 is 0 Å². The van der Waals surface area contributed by atoms with Crippen molar-refractivity contribution in [3.8, 4) is 5.75 Å². The quantitative estimate of drug-likeness (QED) is 0.619. The summed E-state index contributed by atoms with van der Waals surface area (Å²) in [6.07, 6.45) is -3.91. The van der Waals surface area contributed by atoms with Gasteiger partial charge in [-0.2, -0.15) is 0 Å². The van der Waals surface area contributed by atoms with E-state index in [-0.39, 0.29) is 5.75 Å². The SMILES string of the molecule is C[N+](C)(C)CCc1cccc(OC(F)(F)F)c1.O=C[O-]. The number of carbonyl (C=O) groups is 1. The fourth-order valence-corrected chi connectivity index (χ4v) is 1.36. The number of nitrogens with zero attached hydrogens (tertiary/aromatic N) is 1. The second kappa shape index (κ2) is 7.74. The average molecular weight is 293 g/mol. The van der Waals surface area contributed by atoms with Crippen LogP contribution in [0.2, 0.25) is 0 Å². The molecular formula is C13H18F3NO3. The van der Waals surface area contributed by atoms with Crippen LogP contribution in [0.15, 0.2) is 24.3 Å². The van der Waals surface area contributed by atoms with E-state index in [9.17, 15) is 13.2 Å². The Bertz CT molecular complexity index is 414. The van der Waals surface area contributed by atoms with Crippen LogP contribution in [0.3, 0.4) is 0 Å². The van der Waals surface area contributed by atoms with Gasteiger partial charge in [-0.3, -0.25) is 0 Å². The van der Waals surface area contributed by atoms with Gasteiger partial charge in [0.1, 0.15) is 5.75 Å². The molecule has 4 nitrogen and oxygen atoms in total. The van der Waals surface area contributed by atoms with Crippen LogP contribution in [0.25, 0.3) is 0 Å². The number of hydrogen-bond acceptors (Lipinski definition) is 3. The highest BCUT2D eigenvalue weighted by molar-refractivity contribution is 5.29. The normalized spacial score (nSPS) is 11.3. The van der Waals surface area contributed by atoms with E-state index < -0.39 is 12.8 Å². The fourth-order valence-electron chi connectivity index (χ4n) is 1.36. The van der Waals surface area contributed by atoms with Gasteiger partial charge in [-0.1, -0.05) is 12.1 Å². The summed E-state index contributed by atoms with van der Waals surface area (Å²) in [6.45, 7) is 0.357. The van der Waals surface area contributed by atoms with Gasteiger partial charge in [0.25, 0.3) is 0 Å². The highest BCUT2D eigenvalue weighted by Crippen LogP contribution is 2.23. The number of likely N-dealkylation sites (N-methyl/N-ethyl adjacent to an activating group) is 1. The summed E-state index contributed by atoms with van der Waals surface area (Å²) in [5.74, 6) is -0.156. The van der Waals surface area contributed by atoms with Crippen LogP contribution < -0.4 is 9.84 Å². The minimum atomic E-state index is -4.63. The van der Waals surface area contributed by atoms with Gasteiger partial charge in [-0.05, 0) is 17.7 Å². The van der Waals surface area contributed by atoms with E-state index in [1.165, 1.54) is 12.1 Å². The Kier molecular flexibility index (Phi) is 7.06. The maximum Gasteiger partial charge on any atom is 0.573 e. The van der Waals surface area contributed by atoms with Gasteiger partial charge in [0.05, 0.1) is 27.7 Å². The largest absolute Gasteiger partial charge is 0.573 e. The topological polar surface area (TPSA) is 49.4 Å². The Balaban J connectivity index is 0.00000110. The van der Waals surface area contributed by atoms with Crippen molar-refractivity contribution in [3.63, 3.8) is 0 Å². The average Bonchev–Trinajstić information content (AvgIpc) is 2.25. The molecule has 0 amide bonds. The van der Waals surface area contributed by atoms with Gasteiger partial charge in [-0.25, -0.2) is 0 Å². The fraction of sp³-hybridized carbons (Fsp3) is 0.462. The molecule has 0 spiro atoms. The number of benzene rings is 1. The zero-order valence-electron chi connectivity index (χ0n) is 11.6. The van der Waals surface area contributed by atoms with Gasteiger partial charge in [0.15, 0.2) is 0 Å². The molecule has 0 saturated heterocycles. The third kappa shape index (κ3) is 10.2. The maximum atomic E-state index is 12.0. The molecule has 0 aliphatic carbocycles. The molecule has 0 aliphatic heterocycles. The highest BCUT2D eigenvalue weighted by atomic mass is 19.4. The van der Waals surface area contributed by atoms with Crippen molar-refractivity contribution < 1.29 is 32.3 Å². The number of rotatable bonds is 4. The maximum absolute atomic E-state index is 12.0. The number of carbonyl (C=O) groups excluding carboxylic acids is 1. The van der Waals surface area contributed by atoms with Crippen LogP contribution >= 0.6 is 0 Å². The highest BCUT2D eigenvalue weighted by Gasteiger charge is 2.31. The molecule has 0 saturated carbocycles. The Labute approximate surface area is 116 Å². The molecule has 114 valence electrons. The van der Waals surface area contributed by atoms with Gasteiger partial charge in [0, 0.05) is 12.9 Å². The Morgan fingerprint density at radius 3 is 2.30 bits per heavy atom. The lowest BCUT2D eigenvalue weighted by molar-refractivity contribution is -0.870. The molecule has 0 N–H and O–H groups in total. The molecule has 0 fully saturated rings. The first-order valence-corrected chi connectivity index (χ1v) is 5.78. The van der Waals surface area contributed by atoms with Crippen LogP contribution in [0.1, 0.15) is 5.56 Å². The smallest absolute Gasteiger partial charge is 0.554 e. The lowest BCUT2D eigenvalue weighted by Gasteiger charge is -2.23. The van der Waals surface area contributed by atoms with Crippen LogP contribution in [0.4, 0.5) is 13.2 Å². The lowest BCUT2D eigenvalue weighted by atomic mass is 10.1. The summed E-state index contributed by atoms with van der Waals surface area (Å²) in [6, 6.07) is 6.12. The number of carboxylic acid groups (broad SMARTS) is 1. The van der Waals surface area contributed by atoms with E-state index in [2.05, 4.69) is 4.74 Å². The Morgan fingerprint density at radius 2 is 1.85 bits per heavy atom. The van der Waals surface area contributed by atoms with E-state index in [4.69, 9.17) is 9.90 Å². The molecule has 0 radical (unpaired) electrons. The van der Waals surface area contributed by atoms with Crippen LogP contribution in [-0.2, 0) is 11.2 Å². The molecule has 1 rings (SSSR count). The second-order valence-electron chi connectivity index (χ2n) is 5.06. The molecule has 1 aromatic rings. The molecule has 0 bridgehead atoms. The van der Waals surface area contributed by atoms with Gasteiger partial charge >= 0.3 is 6.36 Å². The van der Waals surface area contributed by atoms with Crippen molar-refractivity contribution in [1.29, 1.82) is 0 Å². The standard InChI is InChI=1S/C12H17F3NO.CH2O2/c1-16(2,3)8-7-10-5-4-6-11(9-10)17-12(13,14)15;2-1-3/h4-6,9H,7-8H2,1-3H3;1H,(H,2,3)/q+1;/p-1. The zero-order valence-corrected chi connectivity index (χ0v) is 11.6. The predicted molar refractivity (Wildman–Crippen MR) is 65.8 cm³/mol. The van der Waals surface area contributed by atoms with E-state index in [1.807, 2.05) is 21.1 Å². The monoisotopic (exact) mass is 293 g/mol. The lowest BCUT2D eigenvalue weighted by Crippen LogP contribution is -2.36. The Hall–Kier alpha value is -1.76. The van der Waals surface area contributed by atoms with Crippen molar-refractivity contribution >= 4 is 6.47 Å². The number of alkyl halides is 3. The summed E-state index contributed by atoms with van der Waals surface area (Å²) in [7, 11) is 6.11. The third-order valence-corrected chi connectivity index (χ3v) is 2.20. The first-order valence-electron chi connectivity index (χ1n) is 5.78. The van der Waals surface area contributed by atoms with Gasteiger partial charge < -0.3 is 19.1 Å². The molecule has 1 aromatic carbocycles. The molecule has 7 heteroatoms. The minimum absolute atomic E-state index is 0.156. The Morgan fingerprint density at radius 1 is 1.30 bits per heavy atom. The summed E-state index contributed by atoms with van der Waals surface area (Å²) in [5.41, 5.74) is 0.847. The number of hydrogen-bond donors (Lipinski definition) is 0. The molecule has 0 unspecified atom stereocenters. The van der Waals surface area contributed by atoms with E-state index in [1.54, 1.807) is 12.1 Å². The van der Waals surface area contributed by atoms with Crippen molar-refractivity contribution in [2.75, 3.05) is 27.7 Å². The van der Waals surface area contributed by atoms with Crippen LogP contribution in [-0.4, -0.2) is 45.0 Å². The zero-order chi connectivity index (χ0) is 15.8. The second-order valence-corrected chi connectivity index (χ2v) is 5.06.